The number of hydrogen-bond acceptors (Lipinski definition) is 3. The summed E-state index contributed by atoms with van der Waals surface area (Å²) in [6.07, 6.45) is 4.64. The molecule has 1 aromatic rings. The standard InChI is InChI=1S/C12H19N3O2/c1-3-17-10-4-9(5-10)6-11(16)14-12-8(2)7-13-15-12/h7,9-10H,3-6H2,1-2H3,(H2,13,14,15,16). The first-order valence-electron chi connectivity index (χ1n) is 6.10. The van der Waals surface area contributed by atoms with Crippen LogP contribution in [0.15, 0.2) is 6.20 Å². The minimum Gasteiger partial charge on any atom is -0.378 e. The van der Waals surface area contributed by atoms with E-state index in [9.17, 15) is 4.79 Å². The fraction of sp³-hybridized carbons (Fsp3) is 0.667. The highest BCUT2D eigenvalue weighted by Crippen LogP contribution is 2.32. The average molecular weight is 237 g/mol. The molecule has 1 fully saturated rings. The highest BCUT2D eigenvalue weighted by atomic mass is 16.5. The Morgan fingerprint density at radius 1 is 1.65 bits per heavy atom. The Hall–Kier alpha value is -1.36. The Morgan fingerprint density at radius 3 is 3.00 bits per heavy atom. The molecule has 5 nitrogen and oxygen atoms in total. The van der Waals surface area contributed by atoms with Gasteiger partial charge in [-0.05, 0) is 32.6 Å². The van der Waals surface area contributed by atoms with E-state index in [1.54, 1.807) is 6.20 Å². The van der Waals surface area contributed by atoms with E-state index in [4.69, 9.17) is 4.74 Å². The van der Waals surface area contributed by atoms with Crippen LogP contribution < -0.4 is 5.32 Å². The molecule has 0 radical (unpaired) electrons. The number of nitrogens with one attached hydrogen (secondary N) is 2. The van der Waals surface area contributed by atoms with Gasteiger partial charge in [-0.3, -0.25) is 9.89 Å². The van der Waals surface area contributed by atoms with Crippen LogP contribution in [0.2, 0.25) is 0 Å². The molecule has 2 N–H and O–H groups in total. The topological polar surface area (TPSA) is 67.0 Å². The number of carbonyl (C=O) groups is 1. The smallest absolute Gasteiger partial charge is 0.225 e. The van der Waals surface area contributed by atoms with Gasteiger partial charge in [-0.25, -0.2) is 0 Å². The van der Waals surface area contributed by atoms with Crippen molar-refractivity contribution in [2.45, 2.75) is 39.2 Å². The molecule has 1 heterocycles. The monoisotopic (exact) mass is 237 g/mol. The Kier molecular flexibility index (Phi) is 3.78. The van der Waals surface area contributed by atoms with Crippen LogP contribution in [0.5, 0.6) is 0 Å². The summed E-state index contributed by atoms with van der Waals surface area (Å²) in [5, 5.41) is 9.47. The van der Waals surface area contributed by atoms with Crippen molar-refractivity contribution >= 4 is 11.7 Å². The van der Waals surface area contributed by atoms with Crippen molar-refractivity contribution in [3.8, 4) is 0 Å². The van der Waals surface area contributed by atoms with E-state index in [1.165, 1.54) is 0 Å². The molecule has 0 unspecified atom stereocenters. The summed E-state index contributed by atoms with van der Waals surface area (Å²) in [6, 6.07) is 0. The molecule has 0 spiro atoms. The Balaban J connectivity index is 1.71. The molecule has 2 rings (SSSR count). The summed E-state index contributed by atoms with van der Waals surface area (Å²) in [6.45, 7) is 4.67. The van der Waals surface area contributed by atoms with E-state index in [-0.39, 0.29) is 5.91 Å². The van der Waals surface area contributed by atoms with Crippen LogP contribution >= 0.6 is 0 Å². The predicted molar refractivity (Wildman–Crippen MR) is 64.7 cm³/mol. The third kappa shape index (κ3) is 3.06. The fourth-order valence-electron chi connectivity index (χ4n) is 2.14. The zero-order valence-electron chi connectivity index (χ0n) is 10.3. The first-order valence-corrected chi connectivity index (χ1v) is 6.10. The lowest BCUT2D eigenvalue weighted by Gasteiger charge is -2.34. The quantitative estimate of drug-likeness (QED) is 0.821. The summed E-state index contributed by atoms with van der Waals surface area (Å²) < 4.78 is 5.47. The van der Waals surface area contributed by atoms with Gasteiger partial charge in [0.2, 0.25) is 5.91 Å². The summed E-state index contributed by atoms with van der Waals surface area (Å²) in [7, 11) is 0. The molecule has 17 heavy (non-hydrogen) atoms. The molecular weight excluding hydrogens is 218 g/mol. The van der Waals surface area contributed by atoms with E-state index in [0.29, 0.717) is 24.3 Å². The van der Waals surface area contributed by atoms with Crippen LogP contribution in [-0.2, 0) is 9.53 Å². The number of aromatic amines is 1. The van der Waals surface area contributed by atoms with Gasteiger partial charge in [0.15, 0.2) is 0 Å². The van der Waals surface area contributed by atoms with Gasteiger partial charge in [-0.2, -0.15) is 5.10 Å². The van der Waals surface area contributed by atoms with Crippen LogP contribution in [0.4, 0.5) is 5.82 Å². The minimum atomic E-state index is 0.0531. The van der Waals surface area contributed by atoms with E-state index in [2.05, 4.69) is 15.5 Å². The van der Waals surface area contributed by atoms with Gasteiger partial charge < -0.3 is 10.1 Å². The van der Waals surface area contributed by atoms with Crippen molar-refractivity contribution < 1.29 is 9.53 Å². The molecular formula is C12H19N3O2. The number of nitrogens with zero attached hydrogens (tertiary/aromatic N) is 1. The minimum absolute atomic E-state index is 0.0531. The van der Waals surface area contributed by atoms with Crippen LogP contribution in [0.1, 0.15) is 31.7 Å². The number of amides is 1. The van der Waals surface area contributed by atoms with Gasteiger partial charge >= 0.3 is 0 Å². The lowest BCUT2D eigenvalue weighted by molar-refractivity contribution is -0.119. The highest BCUT2D eigenvalue weighted by Gasteiger charge is 2.31. The fourth-order valence-corrected chi connectivity index (χ4v) is 2.14. The van der Waals surface area contributed by atoms with Crippen molar-refractivity contribution in [3.63, 3.8) is 0 Å². The maximum absolute atomic E-state index is 11.7. The van der Waals surface area contributed by atoms with Crippen LogP contribution in [0.3, 0.4) is 0 Å². The van der Waals surface area contributed by atoms with Gasteiger partial charge in [0.05, 0.1) is 12.3 Å². The maximum atomic E-state index is 11.7. The third-order valence-corrected chi connectivity index (χ3v) is 3.16. The highest BCUT2D eigenvalue weighted by molar-refractivity contribution is 5.90. The molecule has 0 aromatic carbocycles. The Morgan fingerprint density at radius 2 is 2.41 bits per heavy atom. The molecule has 94 valence electrons. The van der Waals surface area contributed by atoms with Gasteiger partial charge in [0.25, 0.3) is 0 Å². The van der Waals surface area contributed by atoms with Crippen molar-refractivity contribution in [1.82, 2.24) is 10.2 Å². The number of hydrogen-bond donors (Lipinski definition) is 2. The van der Waals surface area contributed by atoms with Crippen molar-refractivity contribution in [2.24, 2.45) is 5.92 Å². The second-order valence-electron chi connectivity index (χ2n) is 4.60. The number of carbonyl (C=O) groups excluding carboxylic acids is 1. The van der Waals surface area contributed by atoms with Gasteiger partial charge in [0, 0.05) is 18.6 Å². The SMILES string of the molecule is CCOC1CC(CC(=O)Nc2[nH]ncc2C)C1. The molecule has 1 aliphatic carbocycles. The van der Waals surface area contributed by atoms with Crippen LogP contribution in [0, 0.1) is 12.8 Å². The van der Waals surface area contributed by atoms with Crippen LogP contribution in [-0.4, -0.2) is 28.8 Å². The zero-order valence-corrected chi connectivity index (χ0v) is 10.3. The second kappa shape index (κ2) is 5.31. The van der Waals surface area contributed by atoms with E-state index in [0.717, 1.165) is 25.0 Å². The number of H-pyrrole nitrogens is 1. The normalized spacial score (nSPS) is 23.2. The maximum Gasteiger partial charge on any atom is 0.225 e. The van der Waals surface area contributed by atoms with E-state index >= 15 is 0 Å². The van der Waals surface area contributed by atoms with Crippen molar-refractivity contribution in [1.29, 1.82) is 0 Å². The summed E-state index contributed by atoms with van der Waals surface area (Å²) in [5.41, 5.74) is 0.958. The third-order valence-electron chi connectivity index (χ3n) is 3.16. The molecule has 0 atom stereocenters. The summed E-state index contributed by atoms with van der Waals surface area (Å²) in [4.78, 5) is 11.7. The van der Waals surface area contributed by atoms with Crippen LogP contribution in [0.25, 0.3) is 0 Å². The molecule has 0 saturated heterocycles. The lowest BCUT2D eigenvalue weighted by Crippen LogP contribution is -2.34. The number of anilines is 1. The first kappa shape index (κ1) is 12.1. The van der Waals surface area contributed by atoms with Gasteiger partial charge in [0.1, 0.15) is 5.82 Å². The number of aryl methyl sites for hydroxylation is 1. The van der Waals surface area contributed by atoms with E-state index < -0.39 is 0 Å². The number of aromatic nitrogens is 2. The average Bonchev–Trinajstić information content (AvgIpc) is 2.61. The molecule has 1 aromatic heterocycles. The number of ether oxygens (including phenoxy) is 1. The lowest BCUT2D eigenvalue weighted by atomic mass is 9.80. The van der Waals surface area contributed by atoms with Gasteiger partial charge in [-0.1, -0.05) is 0 Å². The van der Waals surface area contributed by atoms with E-state index in [1.807, 2.05) is 13.8 Å². The van der Waals surface area contributed by atoms with Crippen molar-refractivity contribution in [3.05, 3.63) is 11.8 Å². The molecule has 0 bridgehead atoms. The summed E-state index contributed by atoms with van der Waals surface area (Å²) >= 11 is 0. The second-order valence-corrected chi connectivity index (χ2v) is 4.60. The predicted octanol–water partition coefficient (Wildman–Crippen LogP) is 1.86. The number of rotatable bonds is 5. The molecule has 5 heteroatoms. The van der Waals surface area contributed by atoms with Gasteiger partial charge in [-0.15, -0.1) is 0 Å². The zero-order chi connectivity index (χ0) is 12.3. The molecule has 0 aliphatic heterocycles. The largest absolute Gasteiger partial charge is 0.378 e. The Bertz CT molecular complexity index is 383. The molecule has 1 aliphatic rings. The summed E-state index contributed by atoms with van der Waals surface area (Å²) in [5.74, 6) is 1.22. The molecule has 1 amide bonds. The Labute approximate surface area is 101 Å². The molecule has 1 saturated carbocycles. The van der Waals surface area contributed by atoms with Crippen molar-refractivity contribution in [2.75, 3.05) is 11.9 Å². The first-order chi connectivity index (χ1) is 8.19.